The third-order valence-corrected chi connectivity index (χ3v) is 3.65. The number of benzene rings is 2. The highest BCUT2D eigenvalue weighted by atomic mass is 16.1. The summed E-state index contributed by atoms with van der Waals surface area (Å²) in [5.74, 6) is -0.190. The SMILES string of the molecule is N#Cc1ncn(Cc2ccc(C(=O)Nc3ccccc3)cc2)c1C#N. The molecule has 25 heavy (non-hydrogen) atoms. The van der Waals surface area contributed by atoms with Gasteiger partial charge in [-0.25, -0.2) is 4.98 Å². The molecule has 0 saturated carbocycles. The van der Waals surface area contributed by atoms with Gasteiger partial charge in [-0.05, 0) is 29.8 Å². The van der Waals surface area contributed by atoms with Crippen LogP contribution in [0.2, 0.25) is 0 Å². The molecule has 6 heteroatoms. The number of nitriles is 2. The van der Waals surface area contributed by atoms with Crippen LogP contribution in [0, 0.1) is 22.7 Å². The van der Waals surface area contributed by atoms with E-state index in [1.165, 1.54) is 6.33 Å². The van der Waals surface area contributed by atoms with Crippen LogP contribution in [-0.2, 0) is 6.54 Å². The quantitative estimate of drug-likeness (QED) is 0.797. The molecule has 1 amide bonds. The van der Waals surface area contributed by atoms with Crippen molar-refractivity contribution < 1.29 is 4.79 Å². The van der Waals surface area contributed by atoms with Crippen molar-refractivity contribution in [3.05, 3.63) is 83.4 Å². The number of aromatic nitrogens is 2. The fourth-order valence-electron chi connectivity index (χ4n) is 2.38. The molecule has 0 radical (unpaired) electrons. The number of imidazole rings is 1. The molecule has 1 aromatic heterocycles. The molecule has 0 spiro atoms. The molecule has 2 aromatic carbocycles. The van der Waals surface area contributed by atoms with Crippen LogP contribution in [0.25, 0.3) is 0 Å². The summed E-state index contributed by atoms with van der Waals surface area (Å²) >= 11 is 0. The van der Waals surface area contributed by atoms with Crippen LogP contribution in [0.5, 0.6) is 0 Å². The first-order chi connectivity index (χ1) is 12.2. The van der Waals surface area contributed by atoms with Gasteiger partial charge in [0.25, 0.3) is 5.91 Å². The van der Waals surface area contributed by atoms with Crippen molar-refractivity contribution in [1.29, 1.82) is 10.5 Å². The van der Waals surface area contributed by atoms with Gasteiger partial charge in [0.2, 0.25) is 0 Å². The summed E-state index contributed by atoms with van der Waals surface area (Å²) in [5.41, 5.74) is 2.51. The summed E-state index contributed by atoms with van der Waals surface area (Å²) < 4.78 is 1.61. The van der Waals surface area contributed by atoms with Crippen LogP contribution in [0.3, 0.4) is 0 Å². The Morgan fingerprint density at radius 2 is 1.76 bits per heavy atom. The summed E-state index contributed by atoms with van der Waals surface area (Å²) in [6.45, 7) is 0.401. The summed E-state index contributed by atoms with van der Waals surface area (Å²) in [5, 5.41) is 20.9. The Labute approximate surface area is 144 Å². The Kier molecular flexibility index (Phi) is 4.55. The molecule has 0 saturated heterocycles. The molecule has 3 aromatic rings. The fraction of sp³-hybridized carbons (Fsp3) is 0.0526. The zero-order valence-electron chi connectivity index (χ0n) is 13.2. The van der Waals surface area contributed by atoms with Crippen LogP contribution in [-0.4, -0.2) is 15.5 Å². The molecule has 0 unspecified atom stereocenters. The minimum Gasteiger partial charge on any atom is -0.322 e. The molecular formula is C19H13N5O. The minimum atomic E-state index is -0.190. The number of nitrogens with zero attached hydrogens (tertiary/aromatic N) is 4. The first-order valence-corrected chi connectivity index (χ1v) is 7.52. The molecule has 120 valence electrons. The number of carbonyl (C=O) groups excluding carboxylic acids is 1. The maximum absolute atomic E-state index is 12.2. The standard InChI is InChI=1S/C19H13N5O/c20-10-17-18(11-21)24(13-22-17)12-14-6-8-15(9-7-14)19(25)23-16-4-2-1-3-5-16/h1-9,13H,12H2,(H,23,25). The lowest BCUT2D eigenvalue weighted by Crippen LogP contribution is -2.11. The van der Waals surface area contributed by atoms with Crippen molar-refractivity contribution in [1.82, 2.24) is 9.55 Å². The highest BCUT2D eigenvalue weighted by Crippen LogP contribution is 2.12. The van der Waals surface area contributed by atoms with E-state index in [9.17, 15) is 4.79 Å². The Balaban J connectivity index is 1.73. The van der Waals surface area contributed by atoms with E-state index in [2.05, 4.69) is 10.3 Å². The second-order valence-corrected chi connectivity index (χ2v) is 5.31. The van der Waals surface area contributed by atoms with E-state index in [4.69, 9.17) is 10.5 Å². The summed E-state index contributed by atoms with van der Waals surface area (Å²) in [6, 6.07) is 20.2. The van der Waals surface area contributed by atoms with Gasteiger partial charge in [0, 0.05) is 17.8 Å². The first-order valence-electron chi connectivity index (χ1n) is 7.52. The van der Waals surface area contributed by atoms with Gasteiger partial charge < -0.3 is 9.88 Å². The van der Waals surface area contributed by atoms with Crippen molar-refractivity contribution >= 4 is 11.6 Å². The average Bonchev–Trinajstić information content (AvgIpc) is 3.04. The molecule has 0 bridgehead atoms. The lowest BCUT2D eigenvalue weighted by Gasteiger charge is -2.07. The number of nitrogens with one attached hydrogen (secondary N) is 1. The summed E-state index contributed by atoms with van der Waals surface area (Å²) in [7, 11) is 0. The first kappa shape index (κ1) is 16.0. The van der Waals surface area contributed by atoms with Gasteiger partial charge in [-0.2, -0.15) is 10.5 Å². The van der Waals surface area contributed by atoms with E-state index in [0.29, 0.717) is 12.1 Å². The maximum Gasteiger partial charge on any atom is 0.255 e. The van der Waals surface area contributed by atoms with Crippen molar-refractivity contribution in [2.24, 2.45) is 0 Å². The zero-order chi connectivity index (χ0) is 17.6. The van der Waals surface area contributed by atoms with E-state index in [0.717, 1.165) is 11.3 Å². The molecule has 0 aliphatic carbocycles. The van der Waals surface area contributed by atoms with Crippen LogP contribution in [0.15, 0.2) is 60.9 Å². The molecule has 0 atom stereocenters. The molecule has 0 fully saturated rings. The highest BCUT2D eigenvalue weighted by Gasteiger charge is 2.11. The monoisotopic (exact) mass is 327 g/mol. The van der Waals surface area contributed by atoms with Gasteiger partial charge in [-0.3, -0.25) is 4.79 Å². The predicted molar refractivity (Wildman–Crippen MR) is 91.6 cm³/mol. The van der Waals surface area contributed by atoms with E-state index in [-0.39, 0.29) is 17.3 Å². The number of hydrogen-bond donors (Lipinski definition) is 1. The second kappa shape index (κ2) is 7.12. The number of anilines is 1. The molecule has 1 heterocycles. The predicted octanol–water partition coefficient (Wildman–Crippen LogP) is 2.93. The maximum atomic E-state index is 12.2. The Morgan fingerprint density at radius 1 is 1.04 bits per heavy atom. The number of hydrogen-bond acceptors (Lipinski definition) is 4. The third-order valence-electron chi connectivity index (χ3n) is 3.65. The minimum absolute atomic E-state index is 0.112. The number of rotatable bonds is 4. The summed E-state index contributed by atoms with van der Waals surface area (Å²) in [6.07, 6.45) is 1.47. The molecular weight excluding hydrogens is 314 g/mol. The number of amides is 1. The molecule has 3 rings (SSSR count). The van der Waals surface area contributed by atoms with Gasteiger partial charge in [0.15, 0.2) is 11.4 Å². The van der Waals surface area contributed by atoms with Crippen molar-refractivity contribution in [3.8, 4) is 12.1 Å². The number of para-hydroxylation sites is 1. The van der Waals surface area contributed by atoms with Gasteiger partial charge >= 0.3 is 0 Å². The van der Waals surface area contributed by atoms with E-state index in [1.807, 2.05) is 54.6 Å². The Bertz CT molecular complexity index is 975. The highest BCUT2D eigenvalue weighted by molar-refractivity contribution is 6.04. The van der Waals surface area contributed by atoms with Crippen molar-refractivity contribution in [2.75, 3.05) is 5.32 Å². The average molecular weight is 327 g/mol. The molecule has 1 N–H and O–H groups in total. The van der Waals surface area contributed by atoms with Crippen LogP contribution < -0.4 is 5.32 Å². The lowest BCUT2D eigenvalue weighted by atomic mass is 10.1. The van der Waals surface area contributed by atoms with Gasteiger partial charge in [-0.1, -0.05) is 30.3 Å². The Hall–Kier alpha value is -3.90. The number of carbonyl (C=O) groups is 1. The van der Waals surface area contributed by atoms with E-state index in [1.54, 1.807) is 16.7 Å². The largest absolute Gasteiger partial charge is 0.322 e. The van der Waals surface area contributed by atoms with Crippen LogP contribution in [0.1, 0.15) is 27.3 Å². The topological polar surface area (TPSA) is 94.5 Å². The zero-order valence-corrected chi connectivity index (χ0v) is 13.2. The van der Waals surface area contributed by atoms with Crippen LogP contribution in [0.4, 0.5) is 5.69 Å². The molecule has 6 nitrogen and oxygen atoms in total. The van der Waals surface area contributed by atoms with E-state index < -0.39 is 0 Å². The smallest absolute Gasteiger partial charge is 0.255 e. The second-order valence-electron chi connectivity index (χ2n) is 5.31. The third kappa shape index (κ3) is 3.54. The van der Waals surface area contributed by atoms with E-state index >= 15 is 0 Å². The lowest BCUT2D eigenvalue weighted by molar-refractivity contribution is 0.102. The molecule has 0 aliphatic rings. The normalized spacial score (nSPS) is 9.84. The van der Waals surface area contributed by atoms with Crippen LogP contribution >= 0.6 is 0 Å². The van der Waals surface area contributed by atoms with Gasteiger partial charge in [0.05, 0.1) is 6.33 Å². The summed E-state index contributed by atoms with van der Waals surface area (Å²) in [4.78, 5) is 16.1. The Morgan fingerprint density at radius 3 is 2.40 bits per heavy atom. The van der Waals surface area contributed by atoms with Crippen molar-refractivity contribution in [2.45, 2.75) is 6.54 Å². The molecule has 0 aliphatic heterocycles. The van der Waals surface area contributed by atoms with Crippen molar-refractivity contribution in [3.63, 3.8) is 0 Å². The fourth-order valence-corrected chi connectivity index (χ4v) is 2.38. The van der Waals surface area contributed by atoms with Gasteiger partial charge in [0.1, 0.15) is 12.1 Å². The van der Waals surface area contributed by atoms with Gasteiger partial charge in [-0.15, -0.1) is 0 Å².